The molecule has 28 heavy (non-hydrogen) atoms. The summed E-state index contributed by atoms with van der Waals surface area (Å²) in [5.74, 6) is 1.89. The van der Waals surface area contributed by atoms with Gasteiger partial charge in [0, 0.05) is 17.3 Å². The van der Waals surface area contributed by atoms with Crippen molar-refractivity contribution in [2.24, 2.45) is 0 Å². The van der Waals surface area contributed by atoms with E-state index < -0.39 is 11.7 Å². The number of pyridine rings is 1. The standard InChI is InChI=1S/C20H12F3N3O2/c21-20(22,23)14-3-1-2-11(6-14)13-7-15-19(24-9-13)26-18(25-15)12-4-5-16-17(8-12)28-10-27-16/h1-9H,10H2,(H,24,25,26). The Morgan fingerprint density at radius 1 is 0.893 bits per heavy atom. The number of H-pyrrole nitrogens is 1. The molecule has 0 saturated carbocycles. The average Bonchev–Trinajstić information content (AvgIpc) is 3.32. The third-order valence-electron chi connectivity index (χ3n) is 4.51. The molecule has 140 valence electrons. The number of alkyl halides is 3. The van der Waals surface area contributed by atoms with E-state index in [1.807, 2.05) is 12.1 Å². The smallest absolute Gasteiger partial charge is 0.416 e. The number of aromatic nitrogens is 3. The maximum atomic E-state index is 13.0. The van der Waals surface area contributed by atoms with Gasteiger partial charge in [-0.25, -0.2) is 9.97 Å². The molecule has 0 radical (unpaired) electrons. The van der Waals surface area contributed by atoms with Crippen molar-refractivity contribution in [3.05, 3.63) is 60.3 Å². The molecular weight excluding hydrogens is 371 g/mol. The van der Waals surface area contributed by atoms with Gasteiger partial charge in [0.25, 0.3) is 0 Å². The first kappa shape index (κ1) is 16.6. The molecule has 1 N–H and O–H groups in total. The van der Waals surface area contributed by atoms with Crippen molar-refractivity contribution in [3.8, 4) is 34.0 Å². The van der Waals surface area contributed by atoms with Crippen molar-refractivity contribution >= 4 is 11.2 Å². The molecule has 8 heteroatoms. The van der Waals surface area contributed by atoms with Crippen LogP contribution in [0.4, 0.5) is 13.2 Å². The second-order valence-corrected chi connectivity index (χ2v) is 6.32. The fourth-order valence-electron chi connectivity index (χ4n) is 3.11. The molecule has 0 saturated heterocycles. The first-order valence-corrected chi connectivity index (χ1v) is 8.41. The number of nitrogens with zero attached hydrogens (tertiary/aromatic N) is 2. The Bertz CT molecular complexity index is 1200. The van der Waals surface area contributed by atoms with Crippen LogP contribution in [0, 0.1) is 0 Å². The number of aromatic amines is 1. The van der Waals surface area contributed by atoms with Crippen LogP contribution in [-0.2, 0) is 6.18 Å². The molecule has 5 rings (SSSR count). The lowest BCUT2D eigenvalue weighted by molar-refractivity contribution is -0.137. The molecule has 3 heterocycles. The van der Waals surface area contributed by atoms with Gasteiger partial charge in [0.1, 0.15) is 11.3 Å². The van der Waals surface area contributed by atoms with Gasteiger partial charge in [-0.05, 0) is 42.0 Å². The molecule has 0 atom stereocenters. The lowest BCUT2D eigenvalue weighted by atomic mass is 10.0. The Balaban J connectivity index is 1.54. The number of benzene rings is 2. The van der Waals surface area contributed by atoms with E-state index in [0.717, 1.165) is 17.7 Å². The Hall–Kier alpha value is -3.55. The van der Waals surface area contributed by atoms with Crippen molar-refractivity contribution in [1.82, 2.24) is 15.0 Å². The first-order valence-electron chi connectivity index (χ1n) is 8.41. The van der Waals surface area contributed by atoms with Crippen LogP contribution in [-0.4, -0.2) is 21.7 Å². The van der Waals surface area contributed by atoms with E-state index >= 15 is 0 Å². The van der Waals surface area contributed by atoms with Gasteiger partial charge < -0.3 is 14.5 Å². The topological polar surface area (TPSA) is 60.0 Å². The van der Waals surface area contributed by atoms with Crippen LogP contribution in [0.2, 0.25) is 0 Å². The largest absolute Gasteiger partial charge is 0.454 e. The summed E-state index contributed by atoms with van der Waals surface area (Å²) in [5.41, 5.74) is 2.18. The van der Waals surface area contributed by atoms with Gasteiger partial charge >= 0.3 is 6.18 Å². The normalized spacial score (nSPS) is 13.2. The summed E-state index contributed by atoms with van der Waals surface area (Å²) in [6.07, 6.45) is -2.87. The zero-order chi connectivity index (χ0) is 19.3. The van der Waals surface area contributed by atoms with Gasteiger partial charge in [0.05, 0.1) is 5.56 Å². The van der Waals surface area contributed by atoms with E-state index in [-0.39, 0.29) is 6.79 Å². The van der Waals surface area contributed by atoms with Crippen LogP contribution in [0.15, 0.2) is 54.7 Å². The second-order valence-electron chi connectivity index (χ2n) is 6.32. The minimum absolute atomic E-state index is 0.181. The lowest BCUT2D eigenvalue weighted by Gasteiger charge is -2.08. The lowest BCUT2D eigenvalue weighted by Crippen LogP contribution is -2.04. The predicted octanol–water partition coefficient (Wildman–Crippen LogP) is 5.04. The predicted molar refractivity (Wildman–Crippen MR) is 95.9 cm³/mol. The van der Waals surface area contributed by atoms with E-state index in [9.17, 15) is 13.2 Å². The number of fused-ring (bicyclic) bond motifs is 2. The molecule has 0 unspecified atom stereocenters. The monoisotopic (exact) mass is 383 g/mol. The van der Waals surface area contributed by atoms with E-state index in [1.54, 1.807) is 18.2 Å². The molecule has 4 aromatic rings. The molecular formula is C20H12F3N3O2. The molecule has 0 aliphatic carbocycles. The van der Waals surface area contributed by atoms with Crippen LogP contribution in [0.1, 0.15) is 5.56 Å². The molecule has 0 spiro atoms. The van der Waals surface area contributed by atoms with Gasteiger partial charge in [0.2, 0.25) is 6.79 Å². The number of hydrogen-bond acceptors (Lipinski definition) is 4. The molecule has 2 aromatic carbocycles. The van der Waals surface area contributed by atoms with Gasteiger partial charge in [0.15, 0.2) is 17.1 Å². The summed E-state index contributed by atoms with van der Waals surface area (Å²) < 4.78 is 49.6. The SMILES string of the molecule is FC(F)(F)c1cccc(-c2cnc3[nH]c(-c4ccc5c(c4)OCO5)nc3c2)c1. The van der Waals surface area contributed by atoms with E-state index in [1.165, 1.54) is 12.3 Å². The third-order valence-corrected chi connectivity index (χ3v) is 4.51. The highest BCUT2D eigenvalue weighted by molar-refractivity contribution is 5.81. The highest BCUT2D eigenvalue weighted by atomic mass is 19.4. The molecule has 5 nitrogen and oxygen atoms in total. The molecule has 1 aliphatic rings. The van der Waals surface area contributed by atoms with Gasteiger partial charge in [-0.2, -0.15) is 13.2 Å². The molecule has 1 aliphatic heterocycles. The van der Waals surface area contributed by atoms with Crippen molar-refractivity contribution in [3.63, 3.8) is 0 Å². The maximum absolute atomic E-state index is 13.0. The zero-order valence-electron chi connectivity index (χ0n) is 14.2. The summed E-state index contributed by atoms with van der Waals surface area (Å²) in [6, 6.07) is 12.3. The third kappa shape index (κ3) is 2.83. The zero-order valence-corrected chi connectivity index (χ0v) is 14.2. The number of imidazole rings is 1. The Kier molecular flexibility index (Phi) is 3.55. The minimum Gasteiger partial charge on any atom is -0.454 e. The molecule has 0 amide bonds. The quantitative estimate of drug-likeness (QED) is 0.527. The molecule has 0 bridgehead atoms. The molecule has 2 aromatic heterocycles. The number of ether oxygens (including phenoxy) is 2. The summed E-state index contributed by atoms with van der Waals surface area (Å²) in [5, 5.41) is 0. The summed E-state index contributed by atoms with van der Waals surface area (Å²) >= 11 is 0. The highest BCUT2D eigenvalue weighted by Crippen LogP contribution is 2.36. The fraction of sp³-hybridized carbons (Fsp3) is 0.100. The number of nitrogens with one attached hydrogen (secondary N) is 1. The van der Waals surface area contributed by atoms with E-state index in [0.29, 0.717) is 39.6 Å². The van der Waals surface area contributed by atoms with Crippen LogP contribution < -0.4 is 9.47 Å². The van der Waals surface area contributed by atoms with E-state index in [2.05, 4.69) is 15.0 Å². The average molecular weight is 383 g/mol. The summed E-state index contributed by atoms with van der Waals surface area (Å²) in [4.78, 5) is 12.0. The van der Waals surface area contributed by atoms with Crippen LogP contribution in [0.25, 0.3) is 33.7 Å². The van der Waals surface area contributed by atoms with Crippen molar-refractivity contribution < 1.29 is 22.6 Å². The number of rotatable bonds is 2. The van der Waals surface area contributed by atoms with Crippen molar-refractivity contribution in [2.45, 2.75) is 6.18 Å². The Labute approximate surface area is 156 Å². The van der Waals surface area contributed by atoms with Gasteiger partial charge in [-0.15, -0.1) is 0 Å². The van der Waals surface area contributed by atoms with Gasteiger partial charge in [-0.1, -0.05) is 12.1 Å². The van der Waals surface area contributed by atoms with Crippen LogP contribution in [0.5, 0.6) is 11.5 Å². The minimum atomic E-state index is -4.40. The highest BCUT2D eigenvalue weighted by Gasteiger charge is 2.30. The maximum Gasteiger partial charge on any atom is 0.416 e. The Morgan fingerprint density at radius 2 is 1.75 bits per heavy atom. The summed E-state index contributed by atoms with van der Waals surface area (Å²) in [7, 11) is 0. The van der Waals surface area contributed by atoms with Crippen LogP contribution in [0.3, 0.4) is 0 Å². The summed E-state index contributed by atoms with van der Waals surface area (Å²) in [6.45, 7) is 0.181. The Morgan fingerprint density at radius 3 is 2.61 bits per heavy atom. The number of halogens is 3. The second kappa shape index (κ2) is 5.98. The fourth-order valence-corrected chi connectivity index (χ4v) is 3.11. The van der Waals surface area contributed by atoms with E-state index in [4.69, 9.17) is 9.47 Å². The van der Waals surface area contributed by atoms with Crippen molar-refractivity contribution in [1.29, 1.82) is 0 Å². The van der Waals surface area contributed by atoms with Crippen LogP contribution >= 0.6 is 0 Å². The number of hydrogen-bond donors (Lipinski definition) is 1. The first-order chi connectivity index (χ1) is 13.5. The van der Waals surface area contributed by atoms with Gasteiger partial charge in [-0.3, -0.25) is 0 Å². The van der Waals surface area contributed by atoms with Crippen molar-refractivity contribution in [2.75, 3.05) is 6.79 Å². The molecule has 0 fully saturated rings.